The summed E-state index contributed by atoms with van der Waals surface area (Å²) in [6.45, 7) is 0. The summed E-state index contributed by atoms with van der Waals surface area (Å²) < 4.78 is 1.31. The van der Waals surface area contributed by atoms with Gasteiger partial charge in [0.1, 0.15) is 0 Å². The molecule has 3 aromatic rings. The van der Waals surface area contributed by atoms with E-state index in [9.17, 15) is 0 Å². The summed E-state index contributed by atoms with van der Waals surface area (Å²) in [6, 6.07) is 15.2. The third-order valence-corrected chi connectivity index (χ3v) is 4.37. The Hall–Kier alpha value is -1.69. The average molecular weight is 393 g/mol. The molecular formula is C16H11BrClN3S. The third kappa shape index (κ3) is 2.92. The zero-order valence-electron chi connectivity index (χ0n) is 11.3. The van der Waals surface area contributed by atoms with Crippen molar-refractivity contribution in [3.8, 4) is 22.5 Å². The average Bonchev–Trinajstić information content (AvgIpc) is 2.51. The van der Waals surface area contributed by atoms with E-state index >= 15 is 0 Å². The van der Waals surface area contributed by atoms with E-state index in [1.54, 1.807) is 12.1 Å². The summed E-state index contributed by atoms with van der Waals surface area (Å²) in [4.78, 5) is 7.44. The normalized spacial score (nSPS) is 10.6. The van der Waals surface area contributed by atoms with Crippen molar-refractivity contribution in [3.05, 3.63) is 62.8 Å². The Morgan fingerprint density at radius 3 is 2.45 bits per heavy atom. The topological polar surface area (TPSA) is 54.7 Å². The largest absolute Gasteiger partial charge is 0.395 e. The van der Waals surface area contributed by atoms with Crippen LogP contribution in [0.2, 0.25) is 5.02 Å². The van der Waals surface area contributed by atoms with Crippen LogP contribution in [-0.4, -0.2) is 9.97 Å². The lowest BCUT2D eigenvalue weighted by Crippen LogP contribution is -2.01. The predicted octanol–water partition coefficient (Wildman–Crippen LogP) is 5.47. The van der Waals surface area contributed by atoms with Gasteiger partial charge in [0.15, 0.2) is 4.77 Å². The number of halogens is 2. The van der Waals surface area contributed by atoms with Crippen LogP contribution in [0.25, 0.3) is 22.5 Å². The number of anilines is 1. The standard InChI is InChI=1S/C16H11BrClN3S/c17-12-4-2-1-3-11(12)15-13(19)14(20-16(22)21-15)9-5-7-10(18)8-6-9/h1-8H,19H2,(H,20,21,22). The first-order valence-corrected chi connectivity index (χ1v) is 8.05. The van der Waals surface area contributed by atoms with Gasteiger partial charge in [-0.2, -0.15) is 0 Å². The van der Waals surface area contributed by atoms with Crippen LogP contribution in [0.3, 0.4) is 0 Å². The number of aromatic nitrogens is 2. The van der Waals surface area contributed by atoms with Gasteiger partial charge in [0.25, 0.3) is 0 Å². The lowest BCUT2D eigenvalue weighted by atomic mass is 10.1. The summed E-state index contributed by atoms with van der Waals surface area (Å²) in [5, 5.41) is 0.662. The van der Waals surface area contributed by atoms with Crippen LogP contribution in [0.1, 0.15) is 0 Å². The molecule has 0 aliphatic heterocycles. The molecule has 3 nitrogen and oxygen atoms in total. The molecule has 0 atom stereocenters. The van der Waals surface area contributed by atoms with Gasteiger partial charge in [-0.25, -0.2) is 4.98 Å². The molecule has 0 fully saturated rings. The van der Waals surface area contributed by atoms with Crippen molar-refractivity contribution in [1.29, 1.82) is 0 Å². The lowest BCUT2D eigenvalue weighted by molar-refractivity contribution is 1.15. The molecule has 2 aromatic carbocycles. The molecule has 1 aromatic heterocycles. The molecular weight excluding hydrogens is 382 g/mol. The Balaban J connectivity index is 2.25. The molecule has 22 heavy (non-hydrogen) atoms. The van der Waals surface area contributed by atoms with Crippen molar-refractivity contribution >= 4 is 45.4 Å². The highest BCUT2D eigenvalue weighted by atomic mass is 79.9. The molecule has 0 saturated carbocycles. The zero-order chi connectivity index (χ0) is 15.7. The van der Waals surface area contributed by atoms with E-state index in [0.717, 1.165) is 21.3 Å². The van der Waals surface area contributed by atoms with Crippen LogP contribution in [0.15, 0.2) is 53.0 Å². The monoisotopic (exact) mass is 391 g/mol. The number of nitrogen functional groups attached to an aromatic ring is 1. The summed E-state index contributed by atoms with van der Waals surface area (Å²) in [7, 11) is 0. The molecule has 0 spiro atoms. The van der Waals surface area contributed by atoms with E-state index in [4.69, 9.17) is 29.6 Å². The van der Waals surface area contributed by atoms with E-state index in [1.165, 1.54) is 0 Å². The van der Waals surface area contributed by atoms with E-state index < -0.39 is 0 Å². The van der Waals surface area contributed by atoms with E-state index in [-0.39, 0.29) is 0 Å². The highest BCUT2D eigenvalue weighted by Crippen LogP contribution is 2.35. The number of H-pyrrole nitrogens is 1. The van der Waals surface area contributed by atoms with Crippen molar-refractivity contribution in [2.24, 2.45) is 0 Å². The van der Waals surface area contributed by atoms with Crippen LogP contribution in [0.4, 0.5) is 5.69 Å². The fourth-order valence-electron chi connectivity index (χ4n) is 2.19. The first kappa shape index (κ1) is 15.2. The molecule has 0 unspecified atom stereocenters. The van der Waals surface area contributed by atoms with Gasteiger partial charge in [0.05, 0.1) is 17.1 Å². The van der Waals surface area contributed by atoms with Gasteiger partial charge < -0.3 is 10.7 Å². The molecule has 3 N–H and O–H groups in total. The fourth-order valence-corrected chi connectivity index (χ4v) is 2.99. The summed E-state index contributed by atoms with van der Waals surface area (Å²) in [5.74, 6) is 0. The molecule has 0 bridgehead atoms. The first-order valence-electron chi connectivity index (χ1n) is 6.47. The minimum Gasteiger partial charge on any atom is -0.395 e. The molecule has 1 heterocycles. The summed E-state index contributed by atoms with van der Waals surface area (Å²) >= 11 is 14.7. The fraction of sp³-hybridized carbons (Fsp3) is 0. The minimum absolute atomic E-state index is 0.380. The smallest absolute Gasteiger partial charge is 0.197 e. The number of hydrogen-bond donors (Lipinski definition) is 2. The lowest BCUT2D eigenvalue weighted by Gasteiger charge is -2.12. The highest BCUT2D eigenvalue weighted by molar-refractivity contribution is 9.10. The van der Waals surface area contributed by atoms with Gasteiger partial charge >= 0.3 is 0 Å². The van der Waals surface area contributed by atoms with Crippen LogP contribution < -0.4 is 5.73 Å². The zero-order valence-corrected chi connectivity index (χ0v) is 14.5. The van der Waals surface area contributed by atoms with E-state index in [1.807, 2.05) is 36.4 Å². The Morgan fingerprint density at radius 2 is 1.77 bits per heavy atom. The molecule has 110 valence electrons. The van der Waals surface area contributed by atoms with Crippen molar-refractivity contribution in [2.45, 2.75) is 0 Å². The molecule has 0 amide bonds. The quantitative estimate of drug-likeness (QED) is 0.568. The van der Waals surface area contributed by atoms with Crippen LogP contribution >= 0.6 is 39.7 Å². The van der Waals surface area contributed by atoms with Crippen LogP contribution in [0.5, 0.6) is 0 Å². The maximum atomic E-state index is 6.33. The van der Waals surface area contributed by atoms with Crippen LogP contribution in [0, 0.1) is 4.77 Å². The number of rotatable bonds is 2. The maximum absolute atomic E-state index is 6.33. The van der Waals surface area contributed by atoms with E-state index in [0.29, 0.717) is 21.2 Å². The van der Waals surface area contributed by atoms with Gasteiger partial charge in [0, 0.05) is 20.6 Å². The molecule has 0 radical (unpaired) electrons. The van der Waals surface area contributed by atoms with Crippen molar-refractivity contribution in [3.63, 3.8) is 0 Å². The Bertz CT molecular complexity index is 891. The maximum Gasteiger partial charge on any atom is 0.197 e. The Morgan fingerprint density at radius 1 is 1.09 bits per heavy atom. The number of nitrogens with zero attached hydrogens (tertiary/aromatic N) is 1. The minimum atomic E-state index is 0.380. The third-order valence-electron chi connectivity index (χ3n) is 3.23. The van der Waals surface area contributed by atoms with Crippen molar-refractivity contribution in [1.82, 2.24) is 9.97 Å². The number of benzene rings is 2. The Kier molecular flexibility index (Phi) is 4.29. The molecule has 0 aliphatic carbocycles. The van der Waals surface area contributed by atoms with Gasteiger partial charge in [-0.05, 0) is 30.4 Å². The van der Waals surface area contributed by atoms with Gasteiger partial charge in [0.2, 0.25) is 0 Å². The van der Waals surface area contributed by atoms with Crippen molar-refractivity contribution in [2.75, 3.05) is 5.73 Å². The molecule has 0 saturated heterocycles. The van der Waals surface area contributed by atoms with Crippen LogP contribution in [-0.2, 0) is 0 Å². The van der Waals surface area contributed by atoms with Gasteiger partial charge in [-0.3, -0.25) is 0 Å². The summed E-state index contributed by atoms with van der Waals surface area (Å²) in [5.41, 5.74) is 10.1. The predicted molar refractivity (Wildman–Crippen MR) is 97.4 cm³/mol. The second-order valence-electron chi connectivity index (χ2n) is 4.67. The first-order chi connectivity index (χ1) is 10.6. The number of nitrogens with two attached hydrogens (primary N) is 1. The van der Waals surface area contributed by atoms with Gasteiger partial charge in [-0.1, -0.05) is 57.9 Å². The van der Waals surface area contributed by atoms with E-state index in [2.05, 4.69) is 25.9 Å². The Labute approximate surface area is 146 Å². The SMILES string of the molecule is Nc1c(-c2ccc(Cl)cc2)nc(=S)[nH]c1-c1ccccc1Br. The summed E-state index contributed by atoms with van der Waals surface area (Å²) in [6.07, 6.45) is 0. The molecule has 3 rings (SSSR count). The molecule has 0 aliphatic rings. The second-order valence-corrected chi connectivity index (χ2v) is 6.34. The second kappa shape index (κ2) is 6.20. The molecule has 6 heteroatoms. The van der Waals surface area contributed by atoms with Gasteiger partial charge in [-0.15, -0.1) is 0 Å². The number of hydrogen-bond acceptors (Lipinski definition) is 3. The van der Waals surface area contributed by atoms with Crippen molar-refractivity contribution < 1.29 is 0 Å². The highest BCUT2D eigenvalue weighted by Gasteiger charge is 2.13. The number of aromatic amines is 1. The number of nitrogens with one attached hydrogen (secondary N) is 1.